The van der Waals surface area contributed by atoms with Gasteiger partial charge in [-0.1, -0.05) is 6.07 Å². The average molecular weight is 234 g/mol. The molecule has 1 rings (SSSR count). The number of rotatable bonds is 2. The molecular formula is C10H9F3O3. The summed E-state index contributed by atoms with van der Waals surface area (Å²) < 4.78 is 37.2. The average Bonchev–Trinajstić information content (AvgIpc) is 2.15. The second kappa shape index (κ2) is 4.03. The van der Waals surface area contributed by atoms with Crippen molar-refractivity contribution in [3.63, 3.8) is 0 Å². The zero-order valence-electron chi connectivity index (χ0n) is 8.25. The number of halogens is 3. The Balaban J connectivity index is 3.23. The largest absolute Gasteiger partial charge is 0.507 e. The van der Waals surface area contributed by atoms with Gasteiger partial charge in [-0.05, 0) is 24.6 Å². The van der Waals surface area contributed by atoms with E-state index in [1.165, 1.54) is 6.92 Å². The Kier molecular flexibility index (Phi) is 3.11. The number of carbonyl (C=O) groups is 1. The number of hydrogen-bond donors (Lipinski definition) is 2. The first-order valence-corrected chi connectivity index (χ1v) is 4.36. The second-order valence-electron chi connectivity index (χ2n) is 3.33. The van der Waals surface area contributed by atoms with E-state index in [2.05, 4.69) is 0 Å². The standard InChI is InChI=1S/C10H9F3O3/c1-5(9(15)16)6-2-3-8(14)7(4-6)10(11,12)13/h2-5,14H,1H3,(H,15,16). The van der Waals surface area contributed by atoms with Crippen LogP contribution >= 0.6 is 0 Å². The van der Waals surface area contributed by atoms with Crippen LogP contribution in [0.3, 0.4) is 0 Å². The lowest BCUT2D eigenvalue weighted by Gasteiger charge is -2.12. The van der Waals surface area contributed by atoms with Crippen molar-refractivity contribution < 1.29 is 28.2 Å². The van der Waals surface area contributed by atoms with E-state index in [0.29, 0.717) is 6.07 Å². The maximum atomic E-state index is 12.4. The van der Waals surface area contributed by atoms with E-state index in [-0.39, 0.29) is 5.56 Å². The third kappa shape index (κ3) is 2.44. The van der Waals surface area contributed by atoms with Crippen LogP contribution in [0.25, 0.3) is 0 Å². The van der Waals surface area contributed by atoms with E-state index in [1.54, 1.807) is 0 Å². The number of aliphatic carboxylic acids is 1. The maximum absolute atomic E-state index is 12.4. The molecule has 0 saturated heterocycles. The molecule has 0 heterocycles. The molecule has 0 aliphatic heterocycles. The predicted molar refractivity (Wildman–Crippen MR) is 49.2 cm³/mol. The van der Waals surface area contributed by atoms with Crippen LogP contribution in [-0.2, 0) is 11.0 Å². The van der Waals surface area contributed by atoms with Crippen LogP contribution in [-0.4, -0.2) is 16.2 Å². The molecule has 2 N–H and O–H groups in total. The summed E-state index contributed by atoms with van der Waals surface area (Å²) in [5.41, 5.74) is -1.23. The first kappa shape index (κ1) is 12.4. The smallest absolute Gasteiger partial charge is 0.419 e. The third-order valence-electron chi connectivity index (χ3n) is 2.20. The van der Waals surface area contributed by atoms with Gasteiger partial charge in [0.2, 0.25) is 0 Å². The fraction of sp³-hybridized carbons (Fsp3) is 0.300. The minimum Gasteiger partial charge on any atom is -0.507 e. The Morgan fingerprint density at radius 1 is 1.38 bits per heavy atom. The molecule has 0 fully saturated rings. The summed E-state index contributed by atoms with van der Waals surface area (Å²) in [4.78, 5) is 10.6. The van der Waals surface area contributed by atoms with Crippen molar-refractivity contribution in [1.29, 1.82) is 0 Å². The van der Waals surface area contributed by atoms with Gasteiger partial charge in [0.1, 0.15) is 5.75 Å². The number of carboxylic acid groups (broad SMARTS) is 1. The van der Waals surface area contributed by atoms with Crippen LogP contribution in [0, 0.1) is 0 Å². The van der Waals surface area contributed by atoms with Crippen molar-refractivity contribution in [3.05, 3.63) is 29.3 Å². The molecule has 0 bridgehead atoms. The van der Waals surface area contributed by atoms with Crippen LogP contribution in [0.15, 0.2) is 18.2 Å². The van der Waals surface area contributed by atoms with Gasteiger partial charge < -0.3 is 10.2 Å². The molecule has 16 heavy (non-hydrogen) atoms. The molecular weight excluding hydrogens is 225 g/mol. The van der Waals surface area contributed by atoms with Gasteiger partial charge in [0.05, 0.1) is 11.5 Å². The van der Waals surface area contributed by atoms with Crippen molar-refractivity contribution in [1.82, 2.24) is 0 Å². The fourth-order valence-corrected chi connectivity index (χ4v) is 1.19. The van der Waals surface area contributed by atoms with Crippen molar-refractivity contribution in [2.75, 3.05) is 0 Å². The SMILES string of the molecule is CC(C(=O)O)c1ccc(O)c(C(F)(F)F)c1. The summed E-state index contributed by atoms with van der Waals surface area (Å²) in [7, 11) is 0. The number of phenolic OH excluding ortho intramolecular Hbond substituents is 1. The van der Waals surface area contributed by atoms with E-state index < -0.39 is 29.4 Å². The van der Waals surface area contributed by atoms with E-state index in [0.717, 1.165) is 12.1 Å². The van der Waals surface area contributed by atoms with Crippen LogP contribution in [0.4, 0.5) is 13.2 Å². The summed E-state index contributed by atoms with van der Waals surface area (Å²) in [6, 6.07) is 2.65. The number of benzene rings is 1. The second-order valence-corrected chi connectivity index (χ2v) is 3.33. The highest BCUT2D eigenvalue weighted by Crippen LogP contribution is 2.37. The first-order chi connectivity index (χ1) is 7.23. The van der Waals surface area contributed by atoms with Gasteiger partial charge >= 0.3 is 12.1 Å². The summed E-state index contributed by atoms with van der Waals surface area (Å²) in [5.74, 6) is -3.19. The lowest BCUT2D eigenvalue weighted by atomic mass is 9.98. The van der Waals surface area contributed by atoms with Crippen molar-refractivity contribution in [2.45, 2.75) is 19.0 Å². The maximum Gasteiger partial charge on any atom is 0.419 e. The van der Waals surface area contributed by atoms with Crippen molar-refractivity contribution in [2.24, 2.45) is 0 Å². The molecule has 0 aliphatic rings. The van der Waals surface area contributed by atoms with E-state index in [4.69, 9.17) is 10.2 Å². The number of hydrogen-bond acceptors (Lipinski definition) is 2. The van der Waals surface area contributed by atoms with Crippen LogP contribution < -0.4 is 0 Å². The Morgan fingerprint density at radius 3 is 2.38 bits per heavy atom. The van der Waals surface area contributed by atoms with Crippen molar-refractivity contribution >= 4 is 5.97 Å². The molecule has 3 nitrogen and oxygen atoms in total. The van der Waals surface area contributed by atoms with Crippen LogP contribution in [0.5, 0.6) is 5.75 Å². The molecule has 0 aliphatic carbocycles. The number of aromatic hydroxyl groups is 1. The zero-order chi connectivity index (χ0) is 12.5. The lowest BCUT2D eigenvalue weighted by Crippen LogP contribution is -2.10. The molecule has 0 radical (unpaired) electrons. The van der Waals surface area contributed by atoms with Gasteiger partial charge in [-0.3, -0.25) is 4.79 Å². The fourth-order valence-electron chi connectivity index (χ4n) is 1.19. The third-order valence-corrected chi connectivity index (χ3v) is 2.20. The molecule has 1 aromatic carbocycles. The highest BCUT2D eigenvalue weighted by Gasteiger charge is 2.34. The number of carboxylic acids is 1. The topological polar surface area (TPSA) is 57.5 Å². The van der Waals surface area contributed by atoms with Crippen LogP contribution in [0.2, 0.25) is 0 Å². The molecule has 1 unspecified atom stereocenters. The predicted octanol–water partition coefficient (Wildman–Crippen LogP) is 2.60. The summed E-state index contributed by atoms with van der Waals surface area (Å²) in [6.07, 6.45) is -4.70. The molecule has 0 aromatic heterocycles. The van der Waals surface area contributed by atoms with Gasteiger partial charge in [-0.25, -0.2) is 0 Å². The minimum absolute atomic E-state index is 0.00220. The normalized spacial score (nSPS) is 13.5. The van der Waals surface area contributed by atoms with Gasteiger partial charge in [-0.15, -0.1) is 0 Å². The molecule has 88 valence electrons. The Labute approximate surface area is 89.1 Å². The highest BCUT2D eigenvalue weighted by molar-refractivity contribution is 5.75. The molecule has 0 amide bonds. The molecule has 1 aromatic rings. The quantitative estimate of drug-likeness (QED) is 0.826. The van der Waals surface area contributed by atoms with Gasteiger partial charge in [0, 0.05) is 0 Å². The van der Waals surface area contributed by atoms with Gasteiger partial charge in [0.25, 0.3) is 0 Å². The Bertz CT molecular complexity index is 412. The zero-order valence-corrected chi connectivity index (χ0v) is 8.25. The molecule has 6 heteroatoms. The monoisotopic (exact) mass is 234 g/mol. The van der Waals surface area contributed by atoms with Crippen molar-refractivity contribution in [3.8, 4) is 5.75 Å². The number of alkyl halides is 3. The summed E-state index contributed by atoms with van der Waals surface area (Å²) >= 11 is 0. The summed E-state index contributed by atoms with van der Waals surface area (Å²) in [6.45, 7) is 1.27. The lowest BCUT2D eigenvalue weighted by molar-refractivity contribution is -0.140. The van der Waals surface area contributed by atoms with Gasteiger partial charge in [-0.2, -0.15) is 13.2 Å². The highest BCUT2D eigenvalue weighted by atomic mass is 19.4. The van der Waals surface area contributed by atoms with E-state index in [9.17, 15) is 18.0 Å². The Morgan fingerprint density at radius 2 is 1.94 bits per heavy atom. The minimum atomic E-state index is -4.70. The number of phenols is 1. The Hall–Kier alpha value is -1.72. The molecule has 0 spiro atoms. The van der Waals surface area contributed by atoms with Gasteiger partial charge in [0.15, 0.2) is 0 Å². The van der Waals surface area contributed by atoms with Crippen LogP contribution in [0.1, 0.15) is 24.0 Å². The molecule has 0 saturated carbocycles. The van der Waals surface area contributed by atoms with E-state index in [1.807, 2.05) is 0 Å². The summed E-state index contributed by atoms with van der Waals surface area (Å²) in [5, 5.41) is 17.7. The molecule has 1 atom stereocenters. The van der Waals surface area contributed by atoms with E-state index >= 15 is 0 Å². The first-order valence-electron chi connectivity index (χ1n) is 4.36.